The number of aromatic carboxylic acids is 1. The fourth-order valence-corrected chi connectivity index (χ4v) is 2.36. The summed E-state index contributed by atoms with van der Waals surface area (Å²) in [5, 5.41) is 16.0. The standard InChI is InChI=1S/C17H16N2O2/c1-11(2)19-10-15(17(20)21)16(18-19)14-8-7-12-5-3-4-6-13(12)9-14/h3-11H,1-2H3,(H,20,21). The van der Waals surface area contributed by atoms with Crippen LogP contribution in [0.1, 0.15) is 30.2 Å². The van der Waals surface area contributed by atoms with Crippen molar-refractivity contribution < 1.29 is 9.90 Å². The maximum Gasteiger partial charge on any atom is 0.339 e. The normalized spacial score (nSPS) is 11.2. The molecule has 3 rings (SSSR count). The highest BCUT2D eigenvalue weighted by atomic mass is 16.4. The van der Waals surface area contributed by atoms with E-state index in [9.17, 15) is 9.90 Å². The van der Waals surface area contributed by atoms with E-state index in [1.54, 1.807) is 10.9 Å². The largest absolute Gasteiger partial charge is 0.478 e. The van der Waals surface area contributed by atoms with Crippen LogP contribution in [0.5, 0.6) is 0 Å². The number of nitrogens with zero attached hydrogens (tertiary/aromatic N) is 2. The predicted molar refractivity (Wildman–Crippen MR) is 82.5 cm³/mol. The molecule has 1 aromatic heterocycles. The fourth-order valence-electron chi connectivity index (χ4n) is 2.36. The minimum absolute atomic E-state index is 0.123. The van der Waals surface area contributed by atoms with Crippen LogP contribution in [0.3, 0.4) is 0 Å². The molecule has 0 unspecified atom stereocenters. The van der Waals surface area contributed by atoms with Gasteiger partial charge in [0.15, 0.2) is 0 Å². The summed E-state index contributed by atoms with van der Waals surface area (Å²) in [4.78, 5) is 11.4. The Morgan fingerprint density at radius 3 is 2.52 bits per heavy atom. The molecule has 1 N–H and O–H groups in total. The quantitative estimate of drug-likeness (QED) is 0.789. The van der Waals surface area contributed by atoms with E-state index in [2.05, 4.69) is 5.10 Å². The number of carboxylic acids is 1. The Bertz CT molecular complexity index is 819. The van der Waals surface area contributed by atoms with Gasteiger partial charge in [-0.3, -0.25) is 4.68 Å². The van der Waals surface area contributed by atoms with Crippen molar-refractivity contribution in [1.82, 2.24) is 9.78 Å². The van der Waals surface area contributed by atoms with Crippen molar-refractivity contribution >= 4 is 16.7 Å². The summed E-state index contributed by atoms with van der Waals surface area (Å²) in [5.41, 5.74) is 1.58. The molecule has 1 heterocycles. The predicted octanol–water partition coefficient (Wildman–Crippen LogP) is 3.98. The molecule has 3 aromatic rings. The Hall–Kier alpha value is -2.62. The molecule has 0 bridgehead atoms. The molecule has 4 heteroatoms. The third-order valence-electron chi connectivity index (χ3n) is 3.51. The molecule has 0 aliphatic heterocycles. The fraction of sp³-hybridized carbons (Fsp3) is 0.176. The SMILES string of the molecule is CC(C)n1cc(C(=O)O)c(-c2ccc3ccccc3c2)n1. The van der Waals surface area contributed by atoms with Crippen LogP contribution in [0.25, 0.3) is 22.0 Å². The van der Waals surface area contributed by atoms with Crippen LogP contribution in [-0.4, -0.2) is 20.9 Å². The summed E-state index contributed by atoms with van der Waals surface area (Å²) in [7, 11) is 0. The minimum Gasteiger partial charge on any atom is -0.478 e. The van der Waals surface area contributed by atoms with Crippen LogP contribution in [0, 0.1) is 0 Å². The third kappa shape index (κ3) is 2.40. The van der Waals surface area contributed by atoms with Crippen LogP contribution in [0.4, 0.5) is 0 Å². The van der Waals surface area contributed by atoms with E-state index >= 15 is 0 Å². The van der Waals surface area contributed by atoms with Crippen LogP contribution in [-0.2, 0) is 0 Å². The highest BCUT2D eigenvalue weighted by Crippen LogP contribution is 2.27. The number of rotatable bonds is 3. The van der Waals surface area contributed by atoms with Crippen molar-refractivity contribution in [1.29, 1.82) is 0 Å². The van der Waals surface area contributed by atoms with Crippen LogP contribution in [0.15, 0.2) is 48.7 Å². The number of carbonyl (C=O) groups is 1. The first-order valence-corrected chi connectivity index (χ1v) is 6.88. The van der Waals surface area contributed by atoms with Crippen LogP contribution in [0.2, 0.25) is 0 Å². The summed E-state index contributed by atoms with van der Waals surface area (Å²) in [5.74, 6) is -0.954. The Labute approximate surface area is 122 Å². The van der Waals surface area contributed by atoms with E-state index in [0.717, 1.165) is 16.3 Å². The summed E-state index contributed by atoms with van der Waals surface area (Å²) < 4.78 is 1.69. The molecule has 0 amide bonds. The first kappa shape index (κ1) is 13.4. The first-order chi connectivity index (χ1) is 10.1. The number of benzene rings is 2. The lowest BCUT2D eigenvalue weighted by Gasteiger charge is -2.04. The monoisotopic (exact) mass is 280 g/mol. The molecule has 0 saturated heterocycles. The Morgan fingerprint density at radius 2 is 1.86 bits per heavy atom. The maximum atomic E-state index is 11.4. The number of fused-ring (bicyclic) bond motifs is 1. The maximum absolute atomic E-state index is 11.4. The lowest BCUT2D eigenvalue weighted by molar-refractivity contribution is 0.0697. The zero-order chi connectivity index (χ0) is 15.0. The second-order valence-corrected chi connectivity index (χ2v) is 5.33. The molecule has 0 aliphatic carbocycles. The Balaban J connectivity index is 2.19. The molecule has 0 atom stereocenters. The molecule has 106 valence electrons. The van der Waals surface area contributed by atoms with Crippen molar-refractivity contribution in [2.45, 2.75) is 19.9 Å². The molecule has 0 radical (unpaired) electrons. The van der Waals surface area contributed by atoms with Gasteiger partial charge in [0.1, 0.15) is 11.3 Å². The van der Waals surface area contributed by atoms with Crippen molar-refractivity contribution in [2.75, 3.05) is 0 Å². The summed E-state index contributed by atoms with van der Waals surface area (Å²) in [6, 6.07) is 14.0. The smallest absolute Gasteiger partial charge is 0.339 e. The molecule has 0 spiro atoms. The minimum atomic E-state index is -0.954. The molecular formula is C17H16N2O2. The van der Waals surface area contributed by atoms with Gasteiger partial charge in [0.05, 0.1) is 0 Å². The number of hydrogen-bond donors (Lipinski definition) is 1. The molecule has 0 fully saturated rings. The highest BCUT2D eigenvalue weighted by molar-refractivity contribution is 5.96. The molecular weight excluding hydrogens is 264 g/mol. The van der Waals surface area contributed by atoms with Gasteiger partial charge in [0.25, 0.3) is 0 Å². The summed E-state index contributed by atoms with van der Waals surface area (Å²) in [6.07, 6.45) is 1.59. The molecule has 2 aromatic carbocycles. The number of aromatic nitrogens is 2. The van der Waals surface area contributed by atoms with Crippen molar-refractivity contribution in [2.24, 2.45) is 0 Å². The average Bonchev–Trinajstić information content (AvgIpc) is 2.92. The van der Waals surface area contributed by atoms with Gasteiger partial charge in [-0.2, -0.15) is 5.10 Å². The van der Waals surface area contributed by atoms with E-state index in [-0.39, 0.29) is 11.6 Å². The van der Waals surface area contributed by atoms with E-state index in [4.69, 9.17) is 0 Å². The first-order valence-electron chi connectivity index (χ1n) is 6.88. The van der Waals surface area contributed by atoms with Gasteiger partial charge in [-0.25, -0.2) is 4.79 Å². The zero-order valence-corrected chi connectivity index (χ0v) is 11.9. The lowest BCUT2D eigenvalue weighted by Crippen LogP contribution is -2.00. The molecule has 0 aliphatic rings. The van der Waals surface area contributed by atoms with E-state index in [1.165, 1.54) is 0 Å². The Kier molecular flexibility index (Phi) is 3.22. The Morgan fingerprint density at radius 1 is 1.14 bits per heavy atom. The second kappa shape index (κ2) is 5.05. The van der Waals surface area contributed by atoms with Crippen molar-refractivity contribution in [3.8, 4) is 11.3 Å². The van der Waals surface area contributed by atoms with Crippen molar-refractivity contribution in [3.63, 3.8) is 0 Å². The van der Waals surface area contributed by atoms with Gasteiger partial charge in [-0.15, -0.1) is 0 Å². The van der Waals surface area contributed by atoms with E-state index in [0.29, 0.717) is 5.69 Å². The van der Waals surface area contributed by atoms with Gasteiger partial charge in [0.2, 0.25) is 0 Å². The molecule has 4 nitrogen and oxygen atoms in total. The number of carboxylic acid groups (broad SMARTS) is 1. The van der Waals surface area contributed by atoms with Crippen molar-refractivity contribution in [3.05, 3.63) is 54.2 Å². The summed E-state index contributed by atoms with van der Waals surface area (Å²) >= 11 is 0. The number of hydrogen-bond acceptors (Lipinski definition) is 2. The molecule has 21 heavy (non-hydrogen) atoms. The van der Waals surface area contributed by atoms with E-state index in [1.807, 2.05) is 56.3 Å². The van der Waals surface area contributed by atoms with Gasteiger partial charge >= 0.3 is 5.97 Å². The molecule has 0 saturated carbocycles. The van der Waals surface area contributed by atoms with E-state index < -0.39 is 5.97 Å². The van der Waals surface area contributed by atoms with Gasteiger partial charge in [0, 0.05) is 17.8 Å². The van der Waals surface area contributed by atoms with Crippen LogP contribution >= 0.6 is 0 Å². The lowest BCUT2D eigenvalue weighted by atomic mass is 10.0. The van der Waals surface area contributed by atoms with Gasteiger partial charge in [-0.05, 0) is 30.7 Å². The third-order valence-corrected chi connectivity index (χ3v) is 3.51. The zero-order valence-electron chi connectivity index (χ0n) is 11.9. The highest BCUT2D eigenvalue weighted by Gasteiger charge is 2.18. The van der Waals surface area contributed by atoms with Gasteiger partial charge in [-0.1, -0.05) is 36.4 Å². The van der Waals surface area contributed by atoms with Gasteiger partial charge < -0.3 is 5.11 Å². The topological polar surface area (TPSA) is 55.1 Å². The van der Waals surface area contributed by atoms with Crippen LogP contribution < -0.4 is 0 Å². The summed E-state index contributed by atoms with van der Waals surface area (Å²) in [6.45, 7) is 3.95. The second-order valence-electron chi connectivity index (χ2n) is 5.33. The average molecular weight is 280 g/mol.